The molecular weight excluding hydrogens is 260 g/mol. The van der Waals surface area contributed by atoms with Crippen molar-refractivity contribution in [3.63, 3.8) is 0 Å². The minimum Gasteiger partial charge on any atom is -0.261 e. The van der Waals surface area contributed by atoms with Gasteiger partial charge in [-0.15, -0.1) is 0 Å². The van der Waals surface area contributed by atoms with Crippen molar-refractivity contribution in [2.45, 2.75) is 25.7 Å². The molecule has 0 radical (unpaired) electrons. The zero-order valence-corrected chi connectivity index (χ0v) is 12.1. The van der Waals surface area contributed by atoms with Gasteiger partial charge in [0.1, 0.15) is 0 Å². The summed E-state index contributed by atoms with van der Waals surface area (Å²) in [6.45, 7) is 4.02. The molecule has 104 valence electrons. The lowest BCUT2D eigenvalue weighted by molar-refractivity contribution is 0.587. The molecule has 0 aliphatic carbocycles. The first-order valence-corrected chi connectivity index (χ1v) is 6.98. The number of hydrogen-bond donors (Lipinski definition) is 1. The van der Waals surface area contributed by atoms with E-state index in [0.717, 1.165) is 34.1 Å². The second kappa shape index (κ2) is 5.02. The Balaban J connectivity index is 2.17. The summed E-state index contributed by atoms with van der Waals surface area (Å²) in [5, 5.41) is 17.4. The third-order valence-electron chi connectivity index (χ3n) is 4.12. The molecule has 1 aromatic carbocycles. The summed E-state index contributed by atoms with van der Waals surface area (Å²) in [5.74, 6) is 0. The van der Waals surface area contributed by atoms with E-state index in [0.29, 0.717) is 0 Å². The number of H-pyrrole nitrogens is 1. The normalized spacial score (nSPS) is 13.8. The maximum Gasteiger partial charge on any atom is 0.155 e. The van der Waals surface area contributed by atoms with Crippen molar-refractivity contribution in [3.05, 3.63) is 48.3 Å². The minimum absolute atomic E-state index is 0.460. The highest BCUT2D eigenvalue weighted by Gasteiger charge is 2.24. The molecule has 1 atom stereocenters. The fourth-order valence-electron chi connectivity index (χ4n) is 2.48. The molecule has 3 rings (SSSR count). The highest BCUT2D eigenvalue weighted by atomic mass is 15.1. The molecular formula is C17H16N4. The SMILES string of the molecule is CCC(C)(C#N)c1cccc(-c2ccnc3[nH]ncc23)c1. The Labute approximate surface area is 123 Å². The first-order valence-electron chi connectivity index (χ1n) is 6.98. The summed E-state index contributed by atoms with van der Waals surface area (Å²) in [6.07, 6.45) is 4.34. The summed E-state index contributed by atoms with van der Waals surface area (Å²) < 4.78 is 0. The van der Waals surface area contributed by atoms with E-state index in [1.54, 1.807) is 12.4 Å². The summed E-state index contributed by atoms with van der Waals surface area (Å²) >= 11 is 0. The van der Waals surface area contributed by atoms with E-state index < -0.39 is 5.41 Å². The number of nitrogens with one attached hydrogen (secondary N) is 1. The largest absolute Gasteiger partial charge is 0.261 e. The van der Waals surface area contributed by atoms with Gasteiger partial charge in [-0.05, 0) is 42.2 Å². The smallest absolute Gasteiger partial charge is 0.155 e. The Morgan fingerprint density at radius 1 is 1.33 bits per heavy atom. The van der Waals surface area contributed by atoms with Crippen LogP contribution in [-0.4, -0.2) is 15.2 Å². The molecule has 0 saturated heterocycles. The molecule has 0 saturated carbocycles. The van der Waals surface area contributed by atoms with Crippen molar-refractivity contribution in [3.8, 4) is 17.2 Å². The quantitative estimate of drug-likeness (QED) is 0.791. The van der Waals surface area contributed by atoms with Crippen LogP contribution in [0.2, 0.25) is 0 Å². The van der Waals surface area contributed by atoms with E-state index in [-0.39, 0.29) is 0 Å². The molecule has 1 unspecified atom stereocenters. The standard InChI is InChI=1S/C17H16N4/c1-3-17(2,11-18)13-6-4-5-12(9-13)14-7-8-19-16-15(14)10-20-21-16/h4-10H,3H2,1-2H3,(H,19,20,21). The van der Waals surface area contributed by atoms with Crippen LogP contribution < -0.4 is 0 Å². The fraction of sp³-hybridized carbons (Fsp3) is 0.235. The minimum atomic E-state index is -0.460. The van der Waals surface area contributed by atoms with Crippen molar-refractivity contribution in [1.82, 2.24) is 15.2 Å². The molecule has 0 bridgehead atoms. The van der Waals surface area contributed by atoms with E-state index >= 15 is 0 Å². The number of rotatable bonds is 3. The van der Waals surface area contributed by atoms with Crippen molar-refractivity contribution in [2.24, 2.45) is 0 Å². The number of nitrogens with zero attached hydrogens (tertiary/aromatic N) is 3. The van der Waals surface area contributed by atoms with Gasteiger partial charge in [-0.1, -0.05) is 25.1 Å². The lowest BCUT2D eigenvalue weighted by Crippen LogP contribution is -2.17. The highest BCUT2D eigenvalue weighted by Crippen LogP contribution is 2.32. The van der Waals surface area contributed by atoms with Gasteiger partial charge in [0.25, 0.3) is 0 Å². The first-order chi connectivity index (χ1) is 10.2. The van der Waals surface area contributed by atoms with Gasteiger partial charge < -0.3 is 0 Å². The van der Waals surface area contributed by atoms with E-state index in [1.807, 2.05) is 32.0 Å². The molecule has 4 heteroatoms. The third-order valence-corrected chi connectivity index (χ3v) is 4.12. The summed E-state index contributed by atoms with van der Waals surface area (Å²) in [7, 11) is 0. The van der Waals surface area contributed by atoms with Crippen LogP contribution in [0.15, 0.2) is 42.7 Å². The predicted octanol–water partition coefficient (Wildman–Crippen LogP) is 3.82. The number of aromatic amines is 1. The molecule has 0 aliphatic rings. The Morgan fingerprint density at radius 3 is 2.95 bits per heavy atom. The van der Waals surface area contributed by atoms with Crippen LogP contribution >= 0.6 is 0 Å². The number of fused-ring (bicyclic) bond motifs is 1. The van der Waals surface area contributed by atoms with Gasteiger partial charge in [0, 0.05) is 11.6 Å². The first kappa shape index (κ1) is 13.3. The molecule has 0 amide bonds. The summed E-state index contributed by atoms with van der Waals surface area (Å²) in [4.78, 5) is 4.26. The fourth-order valence-corrected chi connectivity index (χ4v) is 2.48. The van der Waals surface area contributed by atoms with Gasteiger partial charge in [-0.2, -0.15) is 10.4 Å². The molecule has 0 aliphatic heterocycles. The van der Waals surface area contributed by atoms with Gasteiger partial charge in [-0.25, -0.2) is 4.98 Å². The van der Waals surface area contributed by atoms with Crippen molar-refractivity contribution < 1.29 is 0 Å². The number of nitriles is 1. The number of benzene rings is 1. The van der Waals surface area contributed by atoms with E-state index in [4.69, 9.17) is 0 Å². The van der Waals surface area contributed by atoms with Crippen LogP contribution in [0.25, 0.3) is 22.2 Å². The number of hydrogen-bond acceptors (Lipinski definition) is 3. The summed E-state index contributed by atoms with van der Waals surface area (Å²) in [6, 6.07) is 12.6. The lowest BCUT2D eigenvalue weighted by Gasteiger charge is -2.20. The monoisotopic (exact) mass is 276 g/mol. The molecule has 21 heavy (non-hydrogen) atoms. The molecule has 3 aromatic rings. The Kier molecular flexibility index (Phi) is 3.19. The zero-order chi connectivity index (χ0) is 14.9. The Morgan fingerprint density at radius 2 is 2.19 bits per heavy atom. The molecule has 0 fully saturated rings. The molecule has 0 spiro atoms. The average Bonchev–Trinajstić information content (AvgIpc) is 3.02. The van der Waals surface area contributed by atoms with Crippen LogP contribution in [0.5, 0.6) is 0 Å². The van der Waals surface area contributed by atoms with Crippen LogP contribution in [0.1, 0.15) is 25.8 Å². The topological polar surface area (TPSA) is 65.4 Å². The lowest BCUT2D eigenvalue weighted by atomic mass is 9.80. The third kappa shape index (κ3) is 2.17. The van der Waals surface area contributed by atoms with Crippen LogP contribution in [-0.2, 0) is 5.41 Å². The van der Waals surface area contributed by atoms with Gasteiger partial charge in [0.05, 0.1) is 17.7 Å². The van der Waals surface area contributed by atoms with Crippen LogP contribution in [0.4, 0.5) is 0 Å². The number of aromatic nitrogens is 3. The molecule has 2 heterocycles. The van der Waals surface area contributed by atoms with Gasteiger partial charge in [-0.3, -0.25) is 5.10 Å². The zero-order valence-electron chi connectivity index (χ0n) is 12.1. The second-order valence-electron chi connectivity index (χ2n) is 5.37. The maximum atomic E-state index is 9.46. The van der Waals surface area contributed by atoms with Crippen molar-refractivity contribution in [2.75, 3.05) is 0 Å². The van der Waals surface area contributed by atoms with Gasteiger partial charge in [0.15, 0.2) is 5.65 Å². The predicted molar refractivity (Wildman–Crippen MR) is 82.6 cm³/mol. The van der Waals surface area contributed by atoms with E-state index in [1.165, 1.54) is 0 Å². The van der Waals surface area contributed by atoms with Gasteiger partial charge >= 0.3 is 0 Å². The maximum absolute atomic E-state index is 9.46. The molecule has 1 N–H and O–H groups in total. The Bertz CT molecular complexity index is 828. The number of pyridine rings is 1. The highest BCUT2D eigenvalue weighted by molar-refractivity contribution is 5.92. The average molecular weight is 276 g/mol. The molecule has 2 aromatic heterocycles. The van der Waals surface area contributed by atoms with E-state index in [2.05, 4.69) is 33.4 Å². The summed E-state index contributed by atoms with van der Waals surface area (Å²) in [5.41, 5.74) is 3.51. The van der Waals surface area contributed by atoms with Gasteiger partial charge in [0.2, 0.25) is 0 Å². The van der Waals surface area contributed by atoms with E-state index in [9.17, 15) is 5.26 Å². The van der Waals surface area contributed by atoms with Crippen LogP contribution in [0.3, 0.4) is 0 Å². The Hall–Kier alpha value is -2.67. The molecule has 4 nitrogen and oxygen atoms in total. The second-order valence-corrected chi connectivity index (χ2v) is 5.37. The van der Waals surface area contributed by atoms with Crippen LogP contribution in [0, 0.1) is 11.3 Å². The van der Waals surface area contributed by atoms with Crippen molar-refractivity contribution >= 4 is 11.0 Å². The van der Waals surface area contributed by atoms with Crippen molar-refractivity contribution in [1.29, 1.82) is 5.26 Å².